The van der Waals surface area contributed by atoms with Crippen LogP contribution < -0.4 is 0 Å². The number of hydrogen-bond donors (Lipinski definition) is 1. The Bertz CT molecular complexity index is 738. The topological polar surface area (TPSA) is 76.7 Å². The molecule has 5 heteroatoms. The zero-order chi connectivity index (χ0) is 18.2. The van der Waals surface area contributed by atoms with Crippen LogP contribution in [0.25, 0.3) is 0 Å². The van der Waals surface area contributed by atoms with Crippen LogP contribution >= 0.6 is 0 Å². The highest BCUT2D eigenvalue weighted by Gasteiger charge is 2.48. The van der Waals surface area contributed by atoms with Crippen LogP contribution in [0.15, 0.2) is 46.3 Å². The van der Waals surface area contributed by atoms with Crippen molar-refractivity contribution in [3.8, 4) is 0 Å². The van der Waals surface area contributed by atoms with E-state index in [0.29, 0.717) is 36.8 Å². The molecule has 2 unspecified atom stereocenters. The van der Waals surface area contributed by atoms with Crippen LogP contribution in [0.1, 0.15) is 58.1 Å². The molecule has 2 heterocycles. The van der Waals surface area contributed by atoms with E-state index >= 15 is 0 Å². The second-order valence-electron chi connectivity index (χ2n) is 7.63. The lowest BCUT2D eigenvalue weighted by Crippen LogP contribution is -2.49. The van der Waals surface area contributed by atoms with Gasteiger partial charge in [-0.15, -0.1) is 0 Å². The van der Waals surface area contributed by atoms with Crippen molar-refractivity contribution in [2.75, 3.05) is 0 Å². The maximum atomic E-state index is 12.3. The Morgan fingerprint density at radius 3 is 2.68 bits per heavy atom. The summed E-state index contributed by atoms with van der Waals surface area (Å²) < 4.78 is 10.5. The number of carbonyl (C=O) groups is 2. The van der Waals surface area contributed by atoms with E-state index in [1.54, 1.807) is 25.5 Å². The monoisotopic (exact) mass is 344 g/mol. The number of furan rings is 1. The molecule has 0 spiro atoms. The second-order valence-corrected chi connectivity index (χ2v) is 7.63. The summed E-state index contributed by atoms with van der Waals surface area (Å²) in [6.07, 6.45) is 7.91. The predicted octanol–water partition coefficient (Wildman–Crippen LogP) is 3.65. The Kier molecular flexibility index (Phi) is 4.45. The second kappa shape index (κ2) is 6.30. The molecule has 134 valence electrons. The van der Waals surface area contributed by atoms with Crippen LogP contribution in [0.4, 0.5) is 0 Å². The van der Waals surface area contributed by atoms with Gasteiger partial charge < -0.3 is 14.3 Å². The van der Waals surface area contributed by atoms with Gasteiger partial charge in [-0.1, -0.05) is 19.9 Å². The molecule has 0 radical (unpaired) electrons. The fourth-order valence-corrected chi connectivity index (χ4v) is 3.83. The largest absolute Gasteiger partial charge is 0.472 e. The summed E-state index contributed by atoms with van der Waals surface area (Å²) in [5.74, 6) is -0.321. The average molecular weight is 344 g/mol. The number of ether oxygens (including phenoxy) is 1. The molecule has 1 N–H and O–H groups in total. The van der Waals surface area contributed by atoms with Crippen LogP contribution in [0.2, 0.25) is 0 Å². The third-order valence-electron chi connectivity index (χ3n) is 5.53. The molecule has 0 saturated carbocycles. The van der Waals surface area contributed by atoms with Crippen molar-refractivity contribution in [1.29, 1.82) is 0 Å². The number of allylic oxidation sites excluding steroid dienone is 1. The molecule has 0 saturated heterocycles. The quantitative estimate of drug-likeness (QED) is 0.844. The molecule has 5 nitrogen and oxygen atoms in total. The minimum atomic E-state index is -1.11. The lowest BCUT2D eigenvalue weighted by Gasteiger charge is -2.46. The molecular formula is C20H24O5. The number of cyclic esters (lactones) is 1. The minimum absolute atomic E-state index is 0.0337. The van der Waals surface area contributed by atoms with E-state index in [1.807, 2.05) is 19.9 Å². The first-order chi connectivity index (χ1) is 11.7. The van der Waals surface area contributed by atoms with E-state index in [-0.39, 0.29) is 17.9 Å². The number of ketones is 1. The van der Waals surface area contributed by atoms with Crippen molar-refractivity contribution in [1.82, 2.24) is 0 Å². The number of esters is 1. The van der Waals surface area contributed by atoms with Crippen LogP contribution in [-0.2, 0) is 14.3 Å². The Balaban J connectivity index is 1.72. The van der Waals surface area contributed by atoms with Gasteiger partial charge in [-0.3, -0.25) is 4.79 Å². The standard InChI is InChI=1S/C20H24O5/c1-13-10-16(21)11-19(2,3)20(13,23)8-6-14-4-5-17(25-18(14)22)15-7-9-24-12-15/h4,7,9-10,12,17,23H,5-6,8,11H2,1-3H3. The Hall–Kier alpha value is -2.14. The van der Waals surface area contributed by atoms with Crippen molar-refractivity contribution in [3.05, 3.63) is 47.5 Å². The molecule has 1 aliphatic heterocycles. The molecule has 0 fully saturated rings. The number of hydrogen-bond acceptors (Lipinski definition) is 5. The van der Waals surface area contributed by atoms with E-state index < -0.39 is 11.0 Å². The van der Waals surface area contributed by atoms with Gasteiger partial charge in [-0.25, -0.2) is 4.79 Å². The first-order valence-electron chi connectivity index (χ1n) is 8.59. The molecule has 0 bridgehead atoms. The minimum Gasteiger partial charge on any atom is -0.472 e. The van der Waals surface area contributed by atoms with Gasteiger partial charge in [-0.2, -0.15) is 0 Å². The third kappa shape index (κ3) is 3.21. The number of carbonyl (C=O) groups excluding carboxylic acids is 2. The lowest BCUT2D eigenvalue weighted by atomic mass is 9.63. The molecule has 1 aliphatic carbocycles. The fourth-order valence-electron chi connectivity index (χ4n) is 3.83. The fraction of sp³-hybridized carbons (Fsp3) is 0.500. The zero-order valence-electron chi connectivity index (χ0n) is 14.9. The summed E-state index contributed by atoms with van der Waals surface area (Å²) in [6, 6.07) is 1.79. The summed E-state index contributed by atoms with van der Waals surface area (Å²) >= 11 is 0. The summed E-state index contributed by atoms with van der Waals surface area (Å²) in [6.45, 7) is 5.56. The highest BCUT2D eigenvalue weighted by atomic mass is 16.5. The molecule has 1 aromatic heterocycles. The Morgan fingerprint density at radius 2 is 2.08 bits per heavy atom. The van der Waals surface area contributed by atoms with Gasteiger partial charge in [0.2, 0.25) is 0 Å². The molecule has 2 aliphatic rings. The first-order valence-corrected chi connectivity index (χ1v) is 8.59. The van der Waals surface area contributed by atoms with Gasteiger partial charge in [-0.05, 0) is 37.5 Å². The average Bonchev–Trinajstić information content (AvgIpc) is 3.05. The van der Waals surface area contributed by atoms with E-state index in [1.165, 1.54) is 6.08 Å². The van der Waals surface area contributed by atoms with Crippen molar-refractivity contribution in [2.45, 2.75) is 58.2 Å². The Morgan fingerprint density at radius 1 is 1.32 bits per heavy atom. The van der Waals surface area contributed by atoms with Gasteiger partial charge >= 0.3 is 5.97 Å². The highest BCUT2D eigenvalue weighted by molar-refractivity contribution is 5.92. The summed E-state index contributed by atoms with van der Waals surface area (Å²) in [4.78, 5) is 24.1. The highest BCUT2D eigenvalue weighted by Crippen LogP contribution is 2.46. The van der Waals surface area contributed by atoms with E-state index in [9.17, 15) is 14.7 Å². The van der Waals surface area contributed by atoms with Gasteiger partial charge in [0.1, 0.15) is 6.10 Å². The van der Waals surface area contributed by atoms with E-state index in [4.69, 9.17) is 9.15 Å². The Labute approximate surface area is 147 Å². The zero-order valence-corrected chi connectivity index (χ0v) is 14.9. The SMILES string of the molecule is CC1=CC(=O)CC(C)(C)C1(O)CCC1=CCC(c2ccoc2)OC1=O. The van der Waals surface area contributed by atoms with Gasteiger partial charge in [0.15, 0.2) is 5.78 Å². The number of aliphatic hydroxyl groups is 1. The summed E-state index contributed by atoms with van der Waals surface area (Å²) in [7, 11) is 0. The van der Waals surface area contributed by atoms with Crippen LogP contribution in [0.3, 0.4) is 0 Å². The van der Waals surface area contributed by atoms with Crippen molar-refractivity contribution in [2.24, 2.45) is 5.41 Å². The van der Waals surface area contributed by atoms with Gasteiger partial charge in [0.05, 0.1) is 18.1 Å². The lowest BCUT2D eigenvalue weighted by molar-refractivity contribution is -0.146. The van der Waals surface area contributed by atoms with Crippen LogP contribution in [0.5, 0.6) is 0 Å². The van der Waals surface area contributed by atoms with E-state index in [2.05, 4.69) is 0 Å². The smallest absolute Gasteiger partial charge is 0.334 e. The molecular weight excluding hydrogens is 320 g/mol. The van der Waals surface area contributed by atoms with Crippen molar-refractivity contribution in [3.63, 3.8) is 0 Å². The third-order valence-corrected chi connectivity index (χ3v) is 5.53. The molecule has 25 heavy (non-hydrogen) atoms. The van der Waals surface area contributed by atoms with Gasteiger partial charge in [0.25, 0.3) is 0 Å². The molecule has 0 aromatic carbocycles. The molecule has 1 aromatic rings. The summed E-state index contributed by atoms with van der Waals surface area (Å²) in [5, 5.41) is 11.2. The van der Waals surface area contributed by atoms with Gasteiger partial charge in [0, 0.05) is 29.4 Å². The maximum Gasteiger partial charge on any atom is 0.334 e. The number of rotatable bonds is 4. The molecule has 3 rings (SSSR count). The van der Waals surface area contributed by atoms with Crippen LogP contribution in [-0.4, -0.2) is 22.5 Å². The maximum absolute atomic E-state index is 12.3. The predicted molar refractivity (Wildman–Crippen MR) is 91.6 cm³/mol. The summed E-state index contributed by atoms with van der Waals surface area (Å²) in [5.41, 5.74) is 0.404. The molecule has 2 atom stereocenters. The van der Waals surface area contributed by atoms with Crippen LogP contribution in [0, 0.1) is 5.41 Å². The van der Waals surface area contributed by atoms with E-state index in [0.717, 1.165) is 5.56 Å². The van der Waals surface area contributed by atoms with Crippen molar-refractivity contribution >= 4 is 11.8 Å². The van der Waals surface area contributed by atoms with Crippen molar-refractivity contribution < 1.29 is 23.8 Å². The first kappa shape index (κ1) is 17.7. The normalized spacial score (nSPS) is 29.0. The molecule has 0 amide bonds.